The molecule has 1 saturated heterocycles. The number of nitrogens with zero attached hydrogens (tertiary/aromatic N) is 3. The van der Waals surface area contributed by atoms with E-state index in [4.69, 9.17) is 9.72 Å². The van der Waals surface area contributed by atoms with Gasteiger partial charge < -0.3 is 19.6 Å². The third-order valence-corrected chi connectivity index (χ3v) is 7.12. The molecule has 1 aliphatic rings. The normalized spacial score (nSPS) is 17.2. The minimum absolute atomic E-state index is 0.00817. The fraction of sp³-hybridized carbons (Fsp3) is 0.429. The molecule has 8 nitrogen and oxygen atoms in total. The Kier molecular flexibility index (Phi) is 7.13. The molecular weight excluding hydrogens is 454 g/mol. The standard InChI is InChI=1S/C28H33N5O3/c1-3-13-36-25-9-8-19(26(34)18-7-5-6-11-33(4-2)12-10-18)14-21(25)27-31-22-16-24-23(29-17-30-24)15-20(22)28(35)32-27/h8-9,14-18H,3-7,10-13H2,1-2H3,(H,29,30)(H,31,32,35). The summed E-state index contributed by atoms with van der Waals surface area (Å²) in [6.45, 7) is 7.81. The Balaban J connectivity index is 1.54. The second-order valence-corrected chi connectivity index (χ2v) is 9.54. The van der Waals surface area contributed by atoms with Crippen LogP contribution in [0.15, 0.2) is 41.5 Å². The van der Waals surface area contributed by atoms with Crippen LogP contribution in [0.1, 0.15) is 56.3 Å². The number of ketones is 1. The number of aromatic nitrogens is 4. The molecule has 2 aromatic carbocycles. The Hall–Kier alpha value is -3.52. The predicted molar refractivity (Wildman–Crippen MR) is 142 cm³/mol. The van der Waals surface area contributed by atoms with Gasteiger partial charge in [-0.2, -0.15) is 0 Å². The second-order valence-electron chi connectivity index (χ2n) is 9.54. The van der Waals surface area contributed by atoms with E-state index in [1.807, 2.05) is 25.1 Å². The van der Waals surface area contributed by atoms with Crippen LogP contribution in [0.3, 0.4) is 0 Å². The lowest BCUT2D eigenvalue weighted by Crippen LogP contribution is -2.31. The van der Waals surface area contributed by atoms with E-state index in [2.05, 4.69) is 26.8 Å². The van der Waals surface area contributed by atoms with E-state index in [1.54, 1.807) is 18.5 Å². The monoisotopic (exact) mass is 487 g/mol. The smallest absolute Gasteiger partial charge is 0.259 e. The molecule has 1 aliphatic heterocycles. The van der Waals surface area contributed by atoms with Crippen LogP contribution in [-0.4, -0.2) is 56.9 Å². The fourth-order valence-electron chi connectivity index (χ4n) is 5.04. The van der Waals surface area contributed by atoms with E-state index in [-0.39, 0.29) is 17.3 Å². The van der Waals surface area contributed by atoms with Crippen LogP contribution in [0.2, 0.25) is 0 Å². The molecular formula is C28H33N5O3. The van der Waals surface area contributed by atoms with Crippen LogP contribution in [-0.2, 0) is 0 Å². The Morgan fingerprint density at radius 2 is 2.00 bits per heavy atom. The molecule has 0 spiro atoms. The third kappa shape index (κ3) is 4.91. The van der Waals surface area contributed by atoms with Gasteiger partial charge in [-0.05, 0) is 75.6 Å². The number of nitrogens with one attached hydrogen (secondary N) is 2. The average Bonchev–Trinajstić information content (AvgIpc) is 3.33. The minimum atomic E-state index is -0.246. The van der Waals surface area contributed by atoms with E-state index in [1.165, 1.54) is 0 Å². The Morgan fingerprint density at radius 3 is 2.83 bits per heavy atom. The Labute approximate surface area is 210 Å². The molecule has 36 heavy (non-hydrogen) atoms. The number of H-pyrrole nitrogens is 2. The molecule has 5 rings (SSSR count). The summed E-state index contributed by atoms with van der Waals surface area (Å²) in [5.74, 6) is 1.13. The molecule has 2 aromatic heterocycles. The van der Waals surface area contributed by atoms with Crippen molar-refractivity contribution in [3.05, 3.63) is 52.6 Å². The van der Waals surface area contributed by atoms with E-state index in [0.717, 1.165) is 62.8 Å². The highest BCUT2D eigenvalue weighted by Gasteiger charge is 2.24. The van der Waals surface area contributed by atoms with E-state index >= 15 is 0 Å². The molecule has 1 atom stereocenters. The van der Waals surface area contributed by atoms with Crippen molar-refractivity contribution < 1.29 is 9.53 Å². The highest BCUT2D eigenvalue weighted by atomic mass is 16.5. The second kappa shape index (κ2) is 10.6. The maximum absolute atomic E-state index is 13.6. The molecule has 1 fully saturated rings. The van der Waals surface area contributed by atoms with Crippen LogP contribution >= 0.6 is 0 Å². The van der Waals surface area contributed by atoms with Gasteiger partial charge in [0.2, 0.25) is 0 Å². The number of hydrogen-bond acceptors (Lipinski definition) is 6. The lowest BCUT2D eigenvalue weighted by Gasteiger charge is -2.27. The zero-order chi connectivity index (χ0) is 25.1. The largest absolute Gasteiger partial charge is 0.493 e. The number of aromatic amines is 2. The number of hydrogen-bond donors (Lipinski definition) is 2. The molecule has 1 unspecified atom stereocenters. The molecule has 2 N–H and O–H groups in total. The van der Waals surface area contributed by atoms with Gasteiger partial charge in [0.1, 0.15) is 11.6 Å². The first kappa shape index (κ1) is 24.2. The van der Waals surface area contributed by atoms with Crippen molar-refractivity contribution in [1.29, 1.82) is 0 Å². The number of likely N-dealkylation sites (tertiary alicyclic amines) is 1. The number of ether oxygens (including phenoxy) is 1. The number of rotatable bonds is 7. The van der Waals surface area contributed by atoms with Gasteiger partial charge in [0.05, 0.1) is 40.4 Å². The molecule has 4 aromatic rings. The average molecular weight is 488 g/mol. The van der Waals surface area contributed by atoms with Gasteiger partial charge in [-0.1, -0.05) is 20.3 Å². The van der Waals surface area contributed by atoms with Gasteiger partial charge in [0, 0.05) is 11.5 Å². The van der Waals surface area contributed by atoms with Crippen LogP contribution < -0.4 is 10.3 Å². The summed E-state index contributed by atoms with van der Waals surface area (Å²) in [4.78, 5) is 44.0. The quantitative estimate of drug-likeness (QED) is 0.358. The molecule has 0 radical (unpaired) electrons. The van der Waals surface area contributed by atoms with Gasteiger partial charge >= 0.3 is 0 Å². The predicted octanol–water partition coefficient (Wildman–Crippen LogP) is 4.95. The van der Waals surface area contributed by atoms with Crippen molar-refractivity contribution in [2.75, 3.05) is 26.2 Å². The highest BCUT2D eigenvalue weighted by Crippen LogP contribution is 2.32. The molecule has 0 aliphatic carbocycles. The topological polar surface area (TPSA) is 104 Å². The first-order chi connectivity index (χ1) is 17.6. The van der Waals surface area contributed by atoms with Gasteiger partial charge in [-0.25, -0.2) is 9.97 Å². The lowest BCUT2D eigenvalue weighted by atomic mass is 9.88. The van der Waals surface area contributed by atoms with E-state index < -0.39 is 0 Å². The molecule has 8 heteroatoms. The van der Waals surface area contributed by atoms with Crippen LogP contribution in [0, 0.1) is 5.92 Å². The summed E-state index contributed by atoms with van der Waals surface area (Å²) >= 11 is 0. The number of imidazole rings is 1. The van der Waals surface area contributed by atoms with Crippen molar-refractivity contribution >= 4 is 27.7 Å². The molecule has 0 amide bonds. The van der Waals surface area contributed by atoms with Gasteiger partial charge in [-0.15, -0.1) is 0 Å². The van der Waals surface area contributed by atoms with Gasteiger partial charge in [0.15, 0.2) is 5.78 Å². The first-order valence-corrected chi connectivity index (χ1v) is 13.0. The molecule has 0 saturated carbocycles. The summed E-state index contributed by atoms with van der Waals surface area (Å²) in [6.07, 6.45) is 6.39. The summed E-state index contributed by atoms with van der Waals surface area (Å²) in [5, 5.41) is 0.480. The summed E-state index contributed by atoms with van der Waals surface area (Å²) in [6, 6.07) is 9.08. The summed E-state index contributed by atoms with van der Waals surface area (Å²) in [7, 11) is 0. The van der Waals surface area contributed by atoms with Crippen molar-refractivity contribution in [3.8, 4) is 17.1 Å². The SMILES string of the molecule is CCCOc1ccc(C(=O)C2CCCCN(CC)CC2)cc1-c1nc2cc3nc[nH]c3cc2c(=O)[nH]1. The molecule has 188 valence electrons. The molecule has 3 heterocycles. The van der Waals surface area contributed by atoms with Crippen LogP contribution in [0.4, 0.5) is 0 Å². The van der Waals surface area contributed by atoms with Crippen molar-refractivity contribution in [1.82, 2.24) is 24.8 Å². The minimum Gasteiger partial charge on any atom is -0.493 e. The van der Waals surface area contributed by atoms with Crippen LogP contribution in [0.25, 0.3) is 33.3 Å². The summed E-state index contributed by atoms with van der Waals surface area (Å²) in [5.41, 5.74) is 3.08. The van der Waals surface area contributed by atoms with Crippen molar-refractivity contribution in [3.63, 3.8) is 0 Å². The maximum atomic E-state index is 13.6. The Morgan fingerprint density at radius 1 is 1.11 bits per heavy atom. The zero-order valence-corrected chi connectivity index (χ0v) is 21.0. The van der Waals surface area contributed by atoms with E-state index in [9.17, 15) is 9.59 Å². The highest BCUT2D eigenvalue weighted by molar-refractivity contribution is 5.99. The van der Waals surface area contributed by atoms with Gasteiger partial charge in [0.25, 0.3) is 5.56 Å². The fourth-order valence-corrected chi connectivity index (χ4v) is 5.04. The number of carbonyl (C=O) groups is 1. The summed E-state index contributed by atoms with van der Waals surface area (Å²) < 4.78 is 6.00. The van der Waals surface area contributed by atoms with Crippen molar-refractivity contribution in [2.24, 2.45) is 5.92 Å². The van der Waals surface area contributed by atoms with Crippen molar-refractivity contribution in [2.45, 2.75) is 46.0 Å². The van der Waals surface area contributed by atoms with Crippen LogP contribution in [0.5, 0.6) is 5.75 Å². The zero-order valence-electron chi connectivity index (χ0n) is 21.0. The first-order valence-electron chi connectivity index (χ1n) is 13.0. The Bertz CT molecular complexity index is 1440. The lowest BCUT2D eigenvalue weighted by molar-refractivity contribution is 0.0881. The number of Topliss-reactive ketones (excluding diaryl/α,β-unsaturated/α-hetero) is 1. The maximum Gasteiger partial charge on any atom is 0.259 e. The van der Waals surface area contributed by atoms with Gasteiger partial charge in [-0.3, -0.25) is 9.59 Å². The molecule has 0 bridgehead atoms. The number of fused-ring (bicyclic) bond motifs is 2. The number of carbonyl (C=O) groups excluding carboxylic acids is 1. The third-order valence-electron chi connectivity index (χ3n) is 7.12. The number of benzene rings is 2. The van der Waals surface area contributed by atoms with E-state index in [0.29, 0.717) is 40.2 Å².